The van der Waals surface area contributed by atoms with Gasteiger partial charge in [0.1, 0.15) is 5.82 Å². The van der Waals surface area contributed by atoms with Gasteiger partial charge in [0.25, 0.3) is 0 Å². The Labute approximate surface area is 330 Å². The molecule has 1 aliphatic rings. The van der Waals surface area contributed by atoms with E-state index in [-0.39, 0.29) is 33.1 Å². The van der Waals surface area contributed by atoms with E-state index in [0.717, 1.165) is 61.3 Å². The fourth-order valence-electron chi connectivity index (χ4n) is 7.92. The van der Waals surface area contributed by atoms with Gasteiger partial charge in [-0.25, -0.2) is 4.98 Å². The minimum atomic E-state index is -2.30. The van der Waals surface area contributed by atoms with Crippen LogP contribution in [0.3, 0.4) is 0 Å². The van der Waals surface area contributed by atoms with Gasteiger partial charge in [0.05, 0.1) is 18.0 Å². The SMILES string of the molecule is [2H]C([2H])([2H])N1CN(c2[c-]c(C(c3[c-]c4c(cc3)c3ccccc3n4-c3cc(C(C)(C)C)ccn3)(c3ccccc3)c3ccccc3)ccc2)c2ccccc21.[Pt+2]. The van der Waals surface area contributed by atoms with Crippen molar-refractivity contribution in [2.24, 2.45) is 0 Å². The number of aromatic nitrogens is 2. The number of benzene rings is 6. The van der Waals surface area contributed by atoms with Gasteiger partial charge < -0.3 is 14.4 Å². The van der Waals surface area contributed by atoms with Gasteiger partial charge in [0.15, 0.2) is 0 Å². The van der Waals surface area contributed by atoms with Crippen LogP contribution < -0.4 is 9.80 Å². The Hall–Kier alpha value is -5.44. The van der Waals surface area contributed by atoms with E-state index in [1.807, 2.05) is 53.6 Å². The predicted octanol–water partition coefficient (Wildman–Crippen LogP) is 11.0. The monoisotopic (exact) mass is 870 g/mol. The summed E-state index contributed by atoms with van der Waals surface area (Å²) in [6.45, 7) is 4.55. The Kier molecular flexibility index (Phi) is 7.94. The largest absolute Gasteiger partial charge is 2.00 e. The first-order valence-electron chi connectivity index (χ1n) is 19.3. The number of nitrogens with zero attached hydrogens (tertiary/aromatic N) is 4. The molecule has 0 saturated heterocycles. The third kappa shape index (κ3) is 5.68. The molecule has 0 aliphatic carbocycles. The van der Waals surface area contributed by atoms with Crippen LogP contribution >= 0.6 is 0 Å². The molecule has 0 unspecified atom stereocenters. The molecule has 262 valence electrons. The molecule has 0 atom stereocenters. The number of fused-ring (bicyclic) bond motifs is 4. The van der Waals surface area contributed by atoms with Crippen molar-refractivity contribution in [1.29, 1.82) is 0 Å². The number of hydrogen-bond acceptors (Lipinski definition) is 3. The molecule has 9 rings (SSSR count). The molecule has 2 aromatic heterocycles. The third-order valence-electron chi connectivity index (χ3n) is 10.5. The van der Waals surface area contributed by atoms with Crippen molar-refractivity contribution in [2.45, 2.75) is 31.6 Å². The van der Waals surface area contributed by atoms with Crippen LogP contribution in [0.2, 0.25) is 0 Å². The Balaban J connectivity index is 0.00000441. The fourth-order valence-corrected chi connectivity index (χ4v) is 7.92. The van der Waals surface area contributed by atoms with E-state index in [1.54, 1.807) is 0 Å². The fraction of sp³-hybridized carbons (Fsp3) is 0.146. The molecule has 0 N–H and O–H groups in total. The first-order valence-corrected chi connectivity index (χ1v) is 17.8. The Morgan fingerprint density at radius 1 is 0.623 bits per heavy atom. The zero-order chi connectivity index (χ0) is 38.0. The zero-order valence-electron chi connectivity index (χ0n) is 32.8. The average molecular weight is 871 g/mol. The summed E-state index contributed by atoms with van der Waals surface area (Å²) in [5.74, 6) is 0.845. The summed E-state index contributed by atoms with van der Waals surface area (Å²) in [5, 5.41) is 2.22. The maximum absolute atomic E-state index is 8.33. The summed E-state index contributed by atoms with van der Waals surface area (Å²) in [6.07, 6.45) is 1.91. The van der Waals surface area contributed by atoms with Gasteiger partial charge in [-0.2, -0.15) is 36.4 Å². The van der Waals surface area contributed by atoms with Crippen molar-refractivity contribution < 1.29 is 25.2 Å². The molecule has 0 radical (unpaired) electrons. The second kappa shape index (κ2) is 13.5. The van der Waals surface area contributed by atoms with Gasteiger partial charge >= 0.3 is 21.1 Å². The van der Waals surface area contributed by atoms with Crippen LogP contribution in [0.1, 0.15) is 52.7 Å². The van der Waals surface area contributed by atoms with Crippen LogP contribution in [-0.2, 0) is 31.9 Å². The summed E-state index contributed by atoms with van der Waals surface area (Å²) < 4.78 is 27.2. The van der Waals surface area contributed by atoms with Crippen LogP contribution in [0.25, 0.3) is 27.6 Å². The van der Waals surface area contributed by atoms with E-state index in [9.17, 15) is 0 Å². The van der Waals surface area contributed by atoms with E-state index >= 15 is 0 Å². The maximum Gasteiger partial charge on any atom is 2.00 e. The smallest absolute Gasteiger partial charge is 0.355 e. The van der Waals surface area contributed by atoms with E-state index in [2.05, 4.69) is 147 Å². The zero-order valence-corrected chi connectivity index (χ0v) is 32.1. The van der Waals surface area contributed by atoms with Crippen LogP contribution in [-0.4, -0.2) is 23.2 Å². The molecule has 0 spiro atoms. The molecule has 6 aromatic carbocycles. The number of rotatable bonds is 6. The number of pyridine rings is 1. The predicted molar refractivity (Wildman–Crippen MR) is 215 cm³/mol. The average Bonchev–Trinajstić information content (AvgIpc) is 3.76. The first kappa shape index (κ1) is 31.1. The van der Waals surface area contributed by atoms with E-state index < -0.39 is 12.4 Å². The van der Waals surface area contributed by atoms with Crippen molar-refractivity contribution >= 4 is 38.9 Å². The van der Waals surface area contributed by atoms with Crippen LogP contribution in [0, 0.1) is 12.1 Å². The van der Waals surface area contributed by atoms with Gasteiger partial charge in [-0.15, -0.1) is 22.6 Å². The standard InChI is InChI=1S/C48H40N4.Pt/c1-47(2,3)36-28-29-49-46(32-36)52-42-23-12-11-22-40(42)41-27-26-38(31-45(41)52)48(34-16-7-5-8-17-34,35-18-9-6-10-19-35)37-20-15-21-39(30-37)51-33-50(4)43-24-13-14-25-44(43)51;/h5-29,32H,33H2,1-4H3;/q-2;+2/i4D3;. The van der Waals surface area contributed by atoms with Crippen molar-refractivity contribution in [2.75, 3.05) is 23.4 Å². The van der Waals surface area contributed by atoms with Gasteiger partial charge in [0.2, 0.25) is 0 Å². The maximum atomic E-state index is 8.33. The van der Waals surface area contributed by atoms with Gasteiger partial charge in [-0.05, 0) is 57.8 Å². The number of para-hydroxylation sites is 3. The topological polar surface area (TPSA) is 24.3 Å². The molecular formula is C48H40N4Pt. The Morgan fingerprint density at radius 2 is 1.28 bits per heavy atom. The minimum Gasteiger partial charge on any atom is -0.355 e. The normalized spacial score (nSPS) is 14.1. The van der Waals surface area contributed by atoms with E-state index in [1.165, 1.54) is 10.5 Å². The quantitative estimate of drug-likeness (QED) is 0.123. The molecule has 0 saturated carbocycles. The molecule has 0 bridgehead atoms. The summed E-state index contributed by atoms with van der Waals surface area (Å²) in [7, 11) is 0. The van der Waals surface area contributed by atoms with Crippen LogP contribution in [0.5, 0.6) is 0 Å². The molecule has 53 heavy (non-hydrogen) atoms. The van der Waals surface area contributed by atoms with Crippen LogP contribution in [0.15, 0.2) is 158 Å². The molecule has 0 amide bonds. The summed E-state index contributed by atoms with van der Waals surface area (Å²) >= 11 is 0. The molecular weight excluding hydrogens is 828 g/mol. The van der Waals surface area contributed by atoms with Crippen molar-refractivity contribution in [3.05, 3.63) is 198 Å². The summed E-state index contributed by atoms with van der Waals surface area (Å²) in [6, 6.07) is 60.1. The molecule has 5 heteroatoms. The Bertz CT molecular complexity index is 2640. The molecule has 4 nitrogen and oxygen atoms in total. The third-order valence-corrected chi connectivity index (χ3v) is 10.5. The molecule has 3 heterocycles. The molecule has 0 fully saturated rings. The van der Waals surface area contributed by atoms with E-state index in [4.69, 9.17) is 9.10 Å². The molecule has 8 aromatic rings. The number of anilines is 3. The Morgan fingerprint density at radius 3 is 2.00 bits per heavy atom. The van der Waals surface area contributed by atoms with Crippen molar-refractivity contribution in [1.82, 2.24) is 9.55 Å². The van der Waals surface area contributed by atoms with Crippen molar-refractivity contribution in [3.8, 4) is 5.82 Å². The summed E-state index contributed by atoms with van der Waals surface area (Å²) in [5.41, 5.74) is 8.57. The van der Waals surface area contributed by atoms with Crippen molar-refractivity contribution in [3.63, 3.8) is 0 Å². The summed E-state index contributed by atoms with van der Waals surface area (Å²) in [4.78, 5) is 8.47. The van der Waals surface area contributed by atoms with Gasteiger partial charge in [0, 0.05) is 28.2 Å². The second-order valence-corrected chi connectivity index (χ2v) is 14.6. The van der Waals surface area contributed by atoms with Gasteiger partial charge in [-0.1, -0.05) is 123 Å². The van der Waals surface area contributed by atoms with Gasteiger partial charge in [-0.3, -0.25) is 0 Å². The minimum absolute atomic E-state index is 0. The first-order chi connectivity index (χ1) is 26.5. The molecule has 1 aliphatic heterocycles. The second-order valence-electron chi connectivity index (χ2n) is 14.6. The number of hydrogen-bond donors (Lipinski definition) is 0. The van der Waals surface area contributed by atoms with E-state index in [0.29, 0.717) is 5.69 Å². The van der Waals surface area contributed by atoms with Crippen LogP contribution in [0.4, 0.5) is 17.1 Å².